The summed E-state index contributed by atoms with van der Waals surface area (Å²) in [5.74, 6) is -0.271. The van der Waals surface area contributed by atoms with Crippen LogP contribution in [0, 0.1) is 5.82 Å². The van der Waals surface area contributed by atoms with Gasteiger partial charge in [-0.05, 0) is 29.8 Å². The summed E-state index contributed by atoms with van der Waals surface area (Å²) in [6, 6.07) is 11.6. The number of nitrogens with one attached hydrogen (secondary N) is 1. The van der Waals surface area contributed by atoms with E-state index < -0.39 is 0 Å². The predicted octanol–water partition coefficient (Wildman–Crippen LogP) is 4.35. The minimum atomic E-state index is -0.271. The summed E-state index contributed by atoms with van der Waals surface area (Å²) in [5.41, 5.74) is 3.63. The molecule has 0 aliphatic rings. The van der Waals surface area contributed by atoms with Gasteiger partial charge in [-0.15, -0.1) is 0 Å². The highest BCUT2D eigenvalue weighted by Gasteiger charge is 2.10. The molecular formula is C19H14Cl2FN5. The Kier molecular flexibility index (Phi) is 4.92. The number of aromatic nitrogens is 4. The summed E-state index contributed by atoms with van der Waals surface area (Å²) in [5, 5.41) is 1.17. The second kappa shape index (κ2) is 7.50. The molecule has 5 nitrogen and oxygen atoms in total. The number of aromatic amines is 1. The average Bonchev–Trinajstić information content (AvgIpc) is 3.15. The Labute approximate surface area is 164 Å². The zero-order chi connectivity index (χ0) is 18.8. The summed E-state index contributed by atoms with van der Waals surface area (Å²) >= 11 is 12.5. The summed E-state index contributed by atoms with van der Waals surface area (Å²) in [6.45, 7) is 0.826. The van der Waals surface area contributed by atoms with Gasteiger partial charge in [0.1, 0.15) is 11.3 Å². The van der Waals surface area contributed by atoms with E-state index >= 15 is 0 Å². The molecule has 136 valence electrons. The molecule has 0 spiro atoms. The normalized spacial score (nSPS) is 12.0. The summed E-state index contributed by atoms with van der Waals surface area (Å²) < 4.78 is 14.9. The quantitative estimate of drug-likeness (QED) is 0.552. The van der Waals surface area contributed by atoms with E-state index in [0.717, 1.165) is 11.1 Å². The molecule has 0 radical (unpaired) electrons. The number of fused-ring (bicyclic) bond motifs is 1. The Bertz CT molecular complexity index is 1140. The number of imidazole rings is 1. The van der Waals surface area contributed by atoms with Crippen LogP contribution in [0.15, 0.2) is 60.1 Å². The number of halogens is 3. The minimum absolute atomic E-state index is 0.271. The highest BCUT2D eigenvalue weighted by molar-refractivity contribution is 6.36. The predicted molar refractivity (Wildman–Crippen MR) is 103 cm³/mol. The van der Waals surface area contributed by atoms with E-state index in [-0.39, 0.29) is 5.82 Å². The Morgan fingerprint density at radius 1 is 1.04 bits per heavy atom. The van der Waals surface area contributed by atoms with Crippen molar-refractivity contribution in [2.75, 3.05) is 0 Å². The zero-order valence-corrected chi connectivity index (χ0v) is 15.5. The lowest BCUT2D eigenvalue weighted by molar-refractivity contribution is 0.627. The first-order valence-corrected chi connectivity index (χ1v) is 8.94. The maximum atomic E-state index is 13.0. The Morgan fingerprint density at radius 2 is 1.78 bits per heavy atom. The lowest BCUT2D eigenvalue weighted by Gasteiger charge is -2.10. The summed E-state index contributed by atoms with van der Waals surface area (Å²) in [4.78, 5) is 16.4. The van der Waals surface area contributed by atoms with Gasteiger partial charge in [0.05, 0.1) is 25.7 Å². The number of benzene rings is 2. The fourth-order valence-electron chi connectivity index (χ4n) is 2.76. The molecule has 0 atom stereocenters. The summed E-state index contributed by atoms with van der Waals surface area (Å²) in [6.07, 6.45) is 3.25. The standard InChI is InChI=1S/C19H14Cl2FN5/c20-15-2-1-3-16(21)14(15)9-27-11-26-18(17-19(27)25-10-24-17)23-8-12-4-6-13(22)7-5-12/h1-7,10-11H,8-9H2,(H,24,25). The molecule has 0 amide bonds. The molecule has 27 heavy (non-hydrogen) atoms. The fraction of sp³-hybridized carbons (Fsp3) is 0.105. The Balaban J connectivity index is 1.70. The van der Waals surface area contributed by atoms with Crippen LogP contribution in [-0.4, -0.2) is 19.5 Å². The highest BCUT2D eigenvalue weighted by Crippen LogP contribution is 2.25. The van der Waals surface area contributed by atoms with E-state index in [2.05, 4.69) is 19.9 Å². The largest absolute Gasteiger partial charge is 0.340 e. The molecule has 4 aromatic rings. The topological polar surface area (TPSA) is 58.9 Å². The van der Waals surface area contributed by atoms with E-state index in [9.17, 15) is 4.39 Å². The first kappa shape index (κ1) is 17.7. The van der Waals surface area contributed by atoms with Crippen molar-refractivity contribution in [2.45, 2.75) is 13.1 Å². The number of hydrogen-bond donors (Lipinski definition) is 1. The molecule has 1 N–H and O–H groups in total. The number of nitrogens with zero attached hydrogens (tertiary/aromatic N) is 4. The van der Waals surface area contributed by atoms with Gasteiger partial charge in [0.25, 0.3) is 0 Å². The third-order valence-electron chi connectivity index (χ3n) is 4.15. The monoisotopic (exact) mass is 401 g/mol. The molecule has 4 rings (SSSR count). The maximum absolute atomic E-state index is 13.0. The van der Waals surface area contributed by atoms with Crippen LogP contribution in [0.5, 0.6) is 0 Å². The maximum Gasteiger partial charge on any atom is 0.177 e. The van der Waals surface area contributed by atoms with Gasteiger partial charge in [-0.25, -0.2) is 14.4 Å². The van der Waals surface area contributed by atoms with Gasteiger partial charge >= 0.3 is 0 Å². The van der Waals surface area contributed by atoms with Gasteiger partial charge in [-0.3, -0.25) is 4.99 Å². The summed E-state index contributed by atoms with van der Waals surface area (Å²) in [7, 11) is 0. The lowest BCUT2D eigenvalue weighted by Crippen LogP contribution is -2.15. The van der Waals surface area contributed by atoms with E-state index in [1.54, 1.807) is 43.0 Å². The third-order valence-corrected chi connectivity index (χ3v) is 4.86. The van der Waals surface area contributed by atoms with Crippen LogP contribution < -0.4 is 5.49 Å². The highest BCUT2D eigenvalue weighted by atomic mass is 35.5. The molecule has 0 saturated carbocycles. The zero-order valence-electron chi connectivity index (χ0n) is 14.0. The molecule has 2 aromatic carbocycles. The van der Waals surface area contributed by atoms with Crippen molar-refractivity contribution in [2.24, 2.45) is 4.99 Å². The Hall–Kier alpha value is -2.70. The van der Waals surface area contributed by atoms with Gasteiger partial charge in [-0.1, -0.05) is 41.4 Å². The van der Waals surface area contributed by atoms with Gasteiger partial charge in [0, 0.05) is 15.6 Å². The molecule has 0 saturated heterocycles. The second-order valence-electron chi connectivity index (χ2n) is 5.94. The van der Waals surface area contributed by atoms with Crippen molar-refractivity contribution in [3.63, 3.8) is 0 Å². The number of H-pyrrole nitrogens is 1. The van der Waals surface area contributed by atoms with Crippen LogP contribution >= 0.6 is 23.2 Å². The van der Waals surface area contributed by atoms with Gasteiger partial charge < -0.3 is 9.55 Å². The van der Waals surface area contributed by atoms with Crippen molar-refractivity contribution < 1.29 is 4.39 Å². The lowest BCUT2D eigenvalue weighted by atomic mass is 10.2. The molecule has 2 heterocycles. The van der Waals surface area contributed by atoms with Crippen LogP contribution in [0.2, 0.25) is 10.0 Å². The number of hydrogen-bond acceptors (Lipinski definition) is 3. The SMILES string of the molecule is Fc1ccc(CN=c2ncn(Cc3c(Cl)cccc3Cl)c3nc[nH]c23)cc1. The van der Waals surface area contributed by atoms with Crippen LogP contribution in [0.25, 0.3) is 11.2 Å². The van der Waals surface area contributed by atoms with Crippen molar-refractivity contribution in [1.82, 2.24) is 19.5 Å². The van der Waals surface area contributed by atoms with Crippen molar-refractivity contribution in [3.8, 4) is 0 Å². The average molecular weight is 402 g/mol. The fourth-order valence-corrected chi connectivity index (χ4v) is 3.28. The van der Waals surface area contributed by atoms with Crippen molar-refractivity contribution >= 4 is 34.4 Å². The molecule has 0 fully saturated rings. The third kappa shape index (κ3) is 3.72. The molecular weight excluding hydrogens is 388 g/mol. The molecule has 0 aliphatic carbocycles. The van der Waals surface area contributed by atoms with Crippen LogP contribution in [0.4, 0.5) is 4.39 Å². The van der Waals surface area contributed by atoms with E-state index in [1.807, 2.05) is 4.57 Å². The van der Waals surface area contributed by atoms with Crippen molar-refractivity contribution in [1.29, 1.82) is 0 Å². The molecule has 2 aromatic heterocycles. The van der Waals surface area contributed by atoms with Crippen LogP contribution in [-0.2, 0) is 13.1 Å². The van der Waals surface area contributed by atoms with Crippen molar-refractivity contribution in [3.05, 3.63) is 87.6 Å². The van der Waals surface area contributed by atoms with E-state index in [0.29, 0.717) is 39.8 Å². The van der Waals surface area contributed by atoms with Crippen LogP contribution in [0.3, 0.4) is 0 Å². The second-order valence-corrected chi connectivity index (χ2v) is 6.75. The molecule has 8 heteroatoms. The smallest absolute Gasteiger partial charge is 0.177 e. The van der Waals surface area contributed by atoms with Gasteiger partial charge in [0.15, 0.2) is 11.1 Å². The van der Waals surface area contributed by atoms with E-state index in [1.165, 1.54) is 12.1 Å². The minimum Gasteiger partial charge on any atom is -0.340 e. The van der Waals surface area contributed by atoms with Crippen LogP contribution in [0.1, 0.15) is 11.1 Å². The first-order chi connectivity index (χ1) is 13.1. The Morgan fingerprint density at radius 3 is 2.52 bits per heavy atom. The molecule has 0 bridgehead atoms. The molecule has 0 unspecified atom stereocenters. The van der Waals surface area contributed by atoms with E-state index in [4.69, 9.17) is 23.2 Å². The molecule has 0 aliphatic heterocycles. The number of rotatable bonds is 4. The van der Waals surface area contributed by atoms with Gasteiger partial charge in [-0.2, -0.15) is 0 Å². The first-order valence-electron chi connectivity index (χ1n) is 8.18. The van der Waals surface area contributed by atoms with Gasteiger partial charge in [0.2, 0.25) is 0 Å².